The molecule has 0 spiro atoms. The number of aromatic nitrogens is 2. The second kappa shape index (κ2) is 8.77. The van der Waals surface area contributed by atoms with Gasteiger partial charge in [-0.2, -0.15) is 0 Å². The summed E-state index contributed by atoms with van der Waals surface area (Å²) in [5.41, 5.74) is 9.21. The largest absolute Gasteiger partial charge is 0.507 e. The molecule has 2 atom stereocenters. The highest BCUT2D eigenvalue weighted by molar-refractivity contribution is 5.75. The van der Waals surface area contributed by atoms with Crippen molar-refractivity contribution >= 4 is 17.7 Å². The lowest BCUT2D eigenvalue weighted by Crippen LogP contribution is -2.68. The molecule has 1 aromatic heterocycles. The first-order valence-corrected chi connectivity index (χ1v) is 9.90. The number of phenols is 1. The molecule has 7 nitrogen and oxygen atoms in total. The van der Waals surface area contributed by atoms with Crippen molar-refractivity contribution in [3.63, 3.8) is 0 Å². The molecule has 2 bridgehead atoms. The van der Waals surface area contributed by atoms with Crippen LogP contribution in [0.4, 0.5) is 11.5 Å². The van der Waals surface area contributed by atoms with E-state index in [1.807, 2.05) is 32.0 Å². The van der Waals surface area contributed by atoms with Crippen LogP contribution < -0.4 is 10.6 Å². The van der Waals surface area contributed by atoms with Crippen LogP contribution in [0, 0.1) is 5.41 Å². The van der Waals surface area contributed by atoms with Gasteiger partial charge in [0.1, 0.15) is 5.75 Å². The molecular weight excluding hydrogens is 364 g/mol. The zero-order chi connectivity index (χ0) is 21.0. The molecule has 0 radical (unpaired) electrons. The van der Waals surface area contributed by atoms with Crippen molar-refractivity contribution in [1.82, 2.24) is 15.1 Å². The molecule has 3 saturated heterocycles. The van der Waals surface area contributed by atoms with Crippen LogP contribution in [0.3, 0.4) is 0 Å². The number of nitrogens with one attached hydrogen (secondary N) is 1. The minimum atomic E-state index is 0.171. The second-order valence-corrected chi connectivity index (χ2v) is 6.84. The Balaban J connectivity index is 0.00000117. The van der Waals surface area contributed by atoms with Crippen LogP contribution >= 0.6 is 0 Å². The van der Waals surface area contributed by atoms with Gasteiger partial charge in [0, 0.05) is 42.6 Å². The molecule has 0 saturated carbocycles. The average Bonchev–Trinajstić information content (AvgIpc) is 2.75. The second-order valence-electron chi connectivity index (χ2n) is 6.84. The Labute approximate surface area is 171 Å². The van der Waals surface area contributed by atoms with Crippen molar-refractivity contribution in [2.24, 2.45) is 0 Å². The predicted octanol–water partition coefficient (Wildman–Crippen LogP) is 3.44. The summed E-state index contributed by atoms with van der Waals surface area (Å²) in [7, 11) is 0. The SMILES string of the molecule is C=C/C(=C\C=N)N1CC2CC(C1)N2c1cc(-c2ccccc2O)nnc1N.CC. The van der Waals surface area contributed by atoms with Crippen LogP contribution in [0.1, 0.15) is 20.3 Å². The van der Waals surface area contributed by atoms with Crippen LogP contribution in [0.25, 0.3) is 11.3 Å². The zero-order valence-electron chi connectivity index (χ0n) is 16.9. The van der Waals surface area contributed by atoms with Gasteiger partial charge in [0.15, 0.2) is 5.82 Å². The van der Waals surface area contributed by atoms with E-state index in [-0.39, 0.29) is 5.75 Å². The first-order chi connectivity index (χ1) is 14.1. The van der Waals surface area contributed by atoms with Gasteiger partial charge in [0.2, 0.25) is 0 Å². The number of benzene rings is 1. The number of anilines is 2. The Morgan fingerprint density at radius 3 is 2.55 bits per heavy atom. The van der Waals surface area contributed by atoms with Crippen molar-refractivity contribution in [3.8, 4) is 17.0 Å². The normalized spacial score (nSPS) is 20.3. The van der Waals surface area contributed by atoms with Crippen molar-refractivity contribution in [2.75, 3.05) is 23.7 Å². The van der Waals surface area contributed by atoms with E-state index in [4.69, 9.17) is 11.1 Å². The number of fused-ring (bicyclic) bond motifs is 2. The number of hydrogen-bond acceptors (Lipinski definition) is 7. The fraction of sp³-hybridized carbons (Fsp3) is 0.318. The molecule has 152 valence electrons. The monoisotopic (exact) mass is 392 g/mol. The number of aromatic hydroxyl groups is 1. The lowest BCUT2D eigenvalue weighted by atomic mass is 9.86. The summed E-state index contributed by atoms with van der Waals surface area (Å²) in [6.45, 7) is 9.54. The quantitative estimate of drug-likeness (QED) is 0.532. The lowest BCUT2D eigenvalue weighted by Gasteiger charge is -2.58. The number of phenolic OH excluding ortho intramolecular Hbond substituents is 1. The molecule has 0 aliphatic carbocycles. The molecule has 4 N–H and O–H groups in total. The van der Waals surface area contributed by atoms with Gasteiger partial charge < -0.3 is 26.0 Å². The smallest absolute Gasteiger partial charge is 0.169 e. The maximum absolute atomic E-state index is 10.1. The molecular formula is C22H28N6O. The number of nitrogens with zero attached hydrogens (tertiary/aromatic N) is 4. The maximum atomic E-state index is 10.1. The number of allylic oxidation sites excluding steroid dienone is 2. The molecule has 7 heteroatoms. The summed E-state index contributed by atoms with van der Waals surface area (Å²) >= 11 is 0. The summed E-state index contributed by atoms with van der Waals surface area (Å²) in [4.78, 5) is 4.55. The van der Waals surface area contributed by atoms with Crippen molar-refractivity contribution < 1.29 is 5.11 Å². The Morgan fingerprint density at radius 1 is 1.24 bits per heavy atom. The molecule has 2 aromatic rings. The van der Waals surface area contributed by atoms with Crippen molar-refractivity contribution in [2.45, 2.75) is 32.4 Å². The number of nitrogen functional groups attached to an aromatic ring is 1. The Kier molecular flexibility index (Phi) is 6.16. The minimum Gasteiger partial charge on any atom is -0.507 e. The topological polar surface area (TPSA) is 102 Å². The summed E-state index contributed by atoms with van der Waals surface area (Å²) in [6, 6.07) is 9.64. The molecule has 3 aliphatic rings. The van der Waals surface area contributed by atoms with Gasteiger partial charge in [-0.05, 0) is 36.8 Å². The van der Waals surface area contributed by atoms with Gasteiger partial charge in [-0.25, -0.2) is 0 Å². The van der Waals surface area contributed by atoms with E-state index in [1.54, 1.807) is 24.3 Å². The highest BCUT2D eigenvalue weighted by atomic mass is 16.3. The summed E-state index contributed by atoms with van der Waals surface area (Å²) < 4.78 is 0. The third-order valence-electron chi connectivity index (χ3n) is 5.28. The Hall–Kier alpha value is -3.35. The van der Waals surface area contributed by atoms with E-state index in [1.165, 1.54) is 6.21 Å². The zero-order valence-corrected chi connectivity index (χ0v) is 16.9. The lowest BCUT2D eigenvalue weighted by molar-refractivity contribution is 0.150. The van der Waals surface area contributed by atoms with Crippen LogP contribution in [0.15, 0.2) is 54.8 Å². The van der Waals surface area contributed by atoms with Crippen LogP contribution in [0.2, 0.25) is 0 Å². The Bertz CT molecular complexity index is 913. The van der Waals surface area contributed by atoms with Crippen LogP contribution in [0.5, 0.6) is 5.75 Å². The molecule has 1 aromatic carbocycles. The number of nitrogens with two attached hydrogens (primary N) is 1. The van der Waals surface area contributed by atoms with E-state index in [0.717, 1.165) is 30.9 Å². The molecule has 3 aliphatic heterocycles. The number of rotatable bonds is 5. The van der Waals surface area contributed by atoms with E-state index in [2.05, 4.69) is 26.6 Å². The first-order valence-electron chi connectivity index (χ1n) is 9.90. The molecule has 3 fully saturated rings. The Morgan fingerprint density at radius 2 is 1.93 bits per heavy atom. The van der Waals surface area contributed by atoms with Gasteiger partial charge in [-0.1, -0.05) is 32.6 Å². The van der Waals surface area contributed by atoms with E-state index in [0.29, 0.717) is 29.2 Å². The summed E-state index contributed by atoms with van der Waals surface area (Å²) in [5, 5.41) is 25.7. The van der Waals surface area contributed by atoms with Gasteiger partial charge in [-0.15, -0.1) is 10.2 Å². The fourth-order valence-corrected chi connectivity index (χ4v) is 4.02. The van der Waals surface area contributed by atoms with Crippen molar-refractivity contribution in [1.29, 1.82) is 5.41 Å². The van der Waals surface area contributed by atoms with E-state index in [9.17, 15) is 5.11 Å². The number of piperazine rings is 1. The number of piperidine rings is 1. The maximum Gasteiger partial charge on any atom is 0.169 e. The third kappa shape index (κ3) is 3.81. The van der Waals surface area contributed by atoms with E-state index >= 15 is 0 Å². The van der Waals surface area contributed by atoms with E-state index < -0.39 is 0 Å². The standard InChI is InChI=1S/C20H22N6O.C2H6/c1-2-13(7-8-21)25-11-14-9-15(12-25)26(14)18-10-17(23-24-20(18)22)16-5-3-4-6-19(16)27;1-2/h2-8,10,14-15,21,27H,1,9,11-12H2,(H2,22,24);1-2H3/b13-7+,21-8?;. The number of para-hydroxylation sites is 1. The highest BCUT2D eigenvalue weighted by Gasteiger charge is 2.45. The third-order valence-corrected chi connectivity index (χ3v) is 5.28. The molecule has 5 rings (SSSR count). The molecule has 2 unspecified atom stereocenters. The summed E-state index contributed by atoms with van der Waals surface area (Å²) in [5.74, 6) is 0.571. The molecule has 29 heavy (non-hydrogen) atoms. The summed E-state index contributed by atoms with van der Waals surface area (Å²) in [6.07, 6.45) is 5.94. The van der Waals surface area contributed by atoms with Crippen molar-refractivity contribution in [3.05, 3.63) is 54.8 Å². The highest BCUT2D eigenvalue weighted by Crippen LogP contribution is 2.41. The van der Waals surface area contributed by atoms with Gasteiger partial charge in [0.05, 0.1) is 11.4 Å². The predicted molar refractivity (Wildman–Crippen MR) is 118 cm³/mol. The van der Waals surface area contributed by atoms with Gasteiger partial charge in [-0.3, -0.25) is 0 Å². The fourth-order valence-electron chi connectivity index (χ4n) is 4.02. The average molecular weight is 393 g/mol. The van der Waals surface area contributed by atoms with Crippen LogP contribution in [-0.2, 0) is 0 Å². The van der Waals surface area contributed by atoms with Crippen LogP contribution in [-0.4, -0.2) is 51.6 Å². The van der Waals surface area contributed by atoms with Gasteiger partial charge >= 0.3 is 0 Å². The molecule has 0 amide bonds. The first kappa shape index (κ1) is 20.4. The minimum absolute atomic E-state index is 0.171. The molecule has 4 heterocycles. The number of hydrogen-bond donors (Lipinski definition) is 3. The van der Waals surface area contributed by atoms with Gasteiger partial charge in [0.25, 0.3) is 0 Å².